The number of nitrogens with two attached hydrogens (primary N) is 1. The Bertz CT molecular complexity index is 454. The highest BCUT2D eigenvalue weighted by molar-refractivity contribution is 7.91. The van der Waals surface area contributed by atoms with Gasteiger partial charge in [-0.05, 0) is 12.8 Å². The molecule has 2 N–H and O–H groups in total. The summed E-state index contributed by atoms with van der Waals surface area (Å²) < 4.78 is 24.1. The number of rotatable bonds is 1. The van der Waals surface area contributed by atoms with Crippen LogP contribution in [-0.2, 0) is 9.84 Å². The molecule has 1 aromatic rings. The summed E-state index contributed by atoms with van der Waals surface area (Å²) in [5.74, 6) is 0.823. The van der Waals surface area contributed by atoms with E-state index in [1.54, 1.807) is 4.68 Å². The summed E-state index contributed by atoms with van der Waals surface area (Å²) in [7, 11) is -2.84. The second kappa shape index (κ2) is 3.68. The quantitative estimate of drug-likeness (QED) is 0.801. The Kier molecular flexibility index (Phi) is 2.64. The zero-order chi connectivity index (χ0) is 11.1. The van der Waals surface area contributed by atoms with Gasteiger partial charge in [0.05, 0.1) is 23.7 Å². The molecule has 0 atom stereocenters. The van der Waals surface area contributed by atoms with Gasteiger partial charge in [-0.3, -0.25) is 0 Å². The first-order valence-electron chi connectivity index (χ1n) is 4.68. The highest BCUT2D eigenvalue weighted by Crippen LogP contribution is 2.28. The van der Waals surface area contributed by atoms with Crippen molar-refractivity contribution in [3.63, 3.8) is 0 Å². The minimum Gasteiger partial charge on any atom is -0.383 e. The summed E-state index contributed by atoms with van der Waals surface area (Å²) in [4.78, 5) is 0. The maximum Gasteiger partial charge on any atom is 0.150 e. The zero-order valence-electron chi connectivity index (χ0n) is 8.06. The van der Waals surface area contributed by atoms with E-state index in [0.717, 1.165) is 0 Å². The second-order valence-electron chi connectivity index (χ2n) is 3.71. The third-order valence-electron chi connectivity index (χ3n) is 2.66. The zero-order valence-corrected chi connectivity index (χ0v) is 9.63. The molecule has 0 bridgehead atoms. The van der Waals surface area contributed by atoms with Crippen molar-refractivity contribution >= 4 is 27.3 Å². The lowest BCUT2D eigenvalue weighted by Crippen LogP contribution is -2.26. The molecule has 7 heteroatoms. The summed E-state index contributed by atoms with van der Waals surface area (Å²) in [5.41, 5.74) is 5.72. The number of hydrogen-bond donors (Lipinski definition) is 1. The highest BCUT2D eigenvalue weighted by atomic mass is 35.5. The Balaban J connectivity index is 2.18. The van der Waals surface area contributed by atoms with Gasteiger partial charge in [-0.1, -0.05) is 11.6 Å². The standard InChI is InChI=1S/C8H12ClN3O2S/c9-7-5-11-12(8(7)10)6-1-3-15(13,14)4-2-6/h5-6H,1-4,10H2. The molecule has 1 aliphatic rings. The lowest BCUT2D eigenvalue weighted by Gasteiger charge is -2.23. The predicted molar refractivity (Wildman–Crippen MR) is 58.6 cm³/mol. The van der Waals surface area contributed by atoms with Crippen LogP contribution in [0.25, 0.3) is 0 Å². The van der Waals surface area contributed by atoms with E-state index < -0.39 is 9.84 Å². The number of nitrogens with zero attached hydrogens (tertiary/aromatic N) is 2. The number of anilines is 1. The van der Waals surface area contributed by atoms with Crippen LogP contribution in [-0.4, -0.2) is 29.7 Å². The minimum absolute atomic E-state index is 0.0565. The van der Waals surface area contributed by atoms with E-state index >= 15 is 0 Å². The van der Waals surface area contributed by atoms with Crippen molar-refractivity contribution in [3.05, 3.63) is 11.2 Å². The van der Waals surface area contributed by atoms with E-state index in [-0.39, 0.29) is 17.5 Å². The van der Waals surface area contributed by atoms with E-state index in [9.17, 15) is 8.42 Å². The third kappa shape index (κ3) is 2.10. The van der Waals surface area contributed by atoms with E-state index in [0.29, 0.717) is 23.7 Å². The Morgan fingerprint density at radius 1 is 1.47 bits per heavy atom. The normalized spacial score (nSPS) is 21.7. The fraction of sp³-hybridized carbons (Fsp3) is 0.625. The summed E-state index contributed by atoms with van der Waals surface area (Å²) >= 11 is 5.78. The van der Waals surface area contributed by atoms with Gasteiger partial charge in [-0.2, -0.15) is 5.10 Å². The molecule has 1 fully saturated rings. The van der Waals surface area contributed by atoms with Crippen molar-refractivity contribution in [2.45, 2.75) is 18.9 Å². The summed E-state index contributed by atoms with van der Waals surface area (Å²) in [6.07, 6.45) is 2.61. The van der Waals surface area contributed by atoms with Gasteiger partial charge in [0.15, 0.2) is 0 Å². The summed E-state index contributed by atoms with van der Waals surface area (Å²) in [6, 6.07) is 0.0565. The van der Waals surface area contributed by atoms with Crippen LogP contribution in [0.1, 0.15) is 18.9 Å². The number of hydrogen-bond acceptors (Lipinski definition) is 4. The second-order valence-corrected chi connectivity index (χ2v) is 6.42. The van der Waals surface area contributed by atoms with Crippen LogP contribution in [0.5, 0.6) is 0 Å². The van der Waals surface area contributed by atoms with Gasteiger partial charge in [-0.25, -0.2) is 13.1 Å². The molecule has 0 aromatic carbocycles. The van der Waals surface area contributed by atoms with Gasteiger partial charge >= 0.3 is 0 Å². The molecule has 1 saturated heterocycles. The van der Waals surface area contributed by atoms with Gasteiger partial charge in [-0.15, -0.1) is 0 Å². The van der Waals surface area contributed by atoms with Crippen LogP contribution in [0.4, 0.5) is 5.82 Å². The maximum atomic E-state index is 11.2. The molecule has 5 nitrogen and oxygen atoms in total. The van der Waals surface area contributed by atoms with Crippen molar-refractivity contribution in [1.29, 1.82) is 0 Å². The Hall–Kier alpha value is -0.750. The van der Waals surface area contributed by atoms with Crippen molar-refractivity contribution in [1.82, 2.24) is 9.78 Å². The van der Waals surface area contributed by atoms with E-state index in [4.69, 9.17) is 17.3 Å². The van der Waals surface area contributed by atoms with Crippen molar-refractivity contribution in [2.24, 2.45) is 0 Å². The van der Waals surface area contributed by atoms with Crippen molar-refractivity contribution < 1.29 is 8.42 Å². The van der Waals surface area contributed by atoms with Crippen LogP contribution in [0.2, 0.25) is 5.02 Å². The topological polar surface area (TPSA) is 78.0 Å². The van der Waals surface area contributed by atoms with Gasteiger partial charge in [0.2, 0.25) is 0 Å². The lowest BCUT2D eigenvalue weighted by molar-refractivity contribution is 0.419. The highest BCUT2D eigenvalue weighted by Gasteiger charge is 2.26. The first-order chi connectivity index (χ1) is 6.99. The fourth-order valence-electron chi connectivity index (χ4n) is 1.76. The number of nitrogen functional groups attached to an aromatic ring is 1. The molecule has 0 amide bonds. The molecule has 2 rings (SSSR count). The first kappa shape index (κ1) is 10.8. The Labute approximate surface area is 93.1 Å². The smallest absolute Gasteiger partial charge is 0.150 e. The molecule has 0 saturated carbocycles. The van der Waals surface area contributed by atoms with E-state index in [2.05, 4.69) is 5.10 Å². The molecule has 84 valence electrons. The minimum atomic E-state index is -2.84. The number of halogens is 1. The molecule has 1 aliphatic heterocycles. The maximum absolute atomic E-state index is 11.2. The van der Waals surface area contributed by atoms with E-state index in [1.165, 1.54) is 6.20 Å². The molecule has 1 aromatic heterocycles. The van der Waals surface area contributed by atoms with Crippen LogP contribution in [0, 0.1) is 0 Å². The molecule has 0 spiro atoms. The molecule has 15 heavy (non-hydrogen) atoms. The van der Waals surface area contributed by atoms with Crippen LogP contribution < -0.4 is 5.73 Å². The average molecular weight is 250 g/mol. The lowest BCUT2D eigenvalue weighted by atomic mass is 10.2. The Morgan fingerprint density at radius 3 is 2.53 bits per heavy atom. The van der Waals surface area contributed by atoms with Crippen LogP contribution in [0.3, 0.4) is 0 Å². The number of sulfone groups is 1. The molecule has 0 radical (unpaired) electrons. The predicted octanol–water partition coefficient (Wildman–Crippen LogP) is 0.868. The van der Waals surface area contributed by atoms with Crippen molar-refractivity contribution in [3.8, 4) is 0 Å². The molecule has 2 heterocycles. The van der Waals surface area contributed by atoms with Gasteiger partial charge < -0.3 is 5.73 Å². The Morgan fingerprint density at radius 2 is 2.07 bits per heavy atom. The number of aromatic nitrogens is 2. The van der Waals surface area contributed by atoms with Gasteiger partial charge in [0.25, 0.3) is 0 Å². The first-order valence-corrected chi connectivity index (χ1v) is 6.88. The third-order valence-corrected chi connectivity index (χ3v) is 4.66. The largest absolute Gasteiger partial charge is 0.383 e. The fourth-order valence-corrected chi connectivity index (χ4v) is 3.36. The van der Waals surface area contributed by atoms with Gasteiger partial charge in [0.1, 0.15) is 20.7 Å². The molecule has 0 unspecified atom stereocenters. The monoisotopic (exact) mass is 249 g/mol. The summed E-state index contributed by atoms with van der Waals surface area (Å²) in [5, 5.41) is 4.47. The molecular formula is C8H12ClN3O2S. The average Bonchev–Trinajstić information content (AvgIpc) is 2.49. The van der Waals surface area contributed by atoms with Crippen LogP contribution >= 0.6 is 11.6 Å². The van der Waals surface area contributed by atoms with Crippen molar-refractivity contribution in [2.75, 3.05) is 17.2 Å². The molecular weight excluding hydrogens is 238 g/mol. The van der Waals surface area contributed by atoms with E-state index in [1.807, 2.05) is 0 Å². The van der Waals surface area contributed by atoms with Crippen LogP contribution in [0.15, 0.2) is 6.20 Å². The van der Waals surface area contributed by atoms with Gasteiger partial charge in [0, 0.05) is 0 Å². The molecule has 0 aliphatic carbocycles. The SMILES string of the molecule is Nc1c(Cl)cnn1C1CCS(=O)(=O)CC1. The summed E-state index contributed by atoms with van der Waals surface area (Å²) in [6.45, 7) is 0.